The van der Waals surface area contributed by atoms with E-state index in [1.165, 1.54) is 24.8 Å². The van der Waals surface area contributed by atoms with E-state index in [2.05, 4.69) is 5.32 Å². The van der Waals surface area contributed by atoms with Gasteiger partial charge < -0.3 is 10.4 Å². The summed E-state index contributed by atoms with van der Waals surface area (Å²) in [4.78, 5) is 23.3. The molecule has 4 nitrogen and oxygen atoms in total. The molecule has 22 heavy (non-hydrogen) atoms. The molecule has 0 aliphatic heterocycles. The molecule has 0 heterocycles. The molecule has 2 rings (SSSR count). The quantitative estimate of drug-likeness (QED) is 0.811. The molecule has 1 atom stereocenters. The predicted molar refractivity (Wildman–Crippen MR) is 85.9 cm³/mol. The number of hydrogen-bond donors (Lipinski definition) is 2. The van der Waals surface area contributed by atoms with Crippen molar-refractivity contribution < 1.29 is 14.7 Å². The Morgan fingerprint density at radius 2 is 1.86 bits per heavy atom. The zero-order valence-corrected chi connectivity index (χ0v) is 13.3. The summed E-state index contributed by atoms with van der Waals surface area (Å²) in [5, 5.41) is 11.9. The molecular formula is C18H25NO3. The smallest absolute Gasteiger partial charge is 0.308 e. The van der Waals surface area contributed by atoms with Crippen LogP contribution in [0.25, 0.3) is 0 Å². The van der Waals surface area contributed by atoms with Gasteiger partial charge in [-0.2, -0.15) is 0 Å². The lowest BCUT2D eigenvalue weighted by Gasteiger charge is -2.25. The van der Waals surface area contributed by atoms with Crippen LogP contribution in [0.15, 0.2) is 24.3 Å². The fourth-order valence-corrected chi connectivity index (χ4v) is 2.81. The van der Waals surface area contributed by atoms with Crippen molar-refractivity contribution in [3.63, 3.8) is 0 Å². The Morgan fingerprint density at radius 3 is 2.32 bits per heavy atom. The van der Waals surface area contributed by atoms with Gasteiger partial charge in [0.2, 0.25) is 0 Å². The maximum atomic E-state index is 12.1. The Hall–Kier alpha value is -1.84. The highest BCUT2D eigenvalue weighted by Gasteiger charge is 2.21. The second-order valence-electron chi connectivity index (χ2n) is 6.62. The van der Waals surface area contributed by atoms with Crippen molar-refractivity contribution >= 4 is 11.9 Å². The molecule has 1 unspecified atom stereocenters. The van der Waals surface area contributed by atoms with Crippen LogP contribution in [0.5, 0.6) is 0 Å². The molecule has 2 N–H and O–H groups in total. The van der Waals surface area contributed by atoms with E-state index in [1.807, 2.05) is 38.1 Å². The van der Waals surface area contributed by atoms with Crippen molar-refractivity contribution in [2.75, 3.05) is 6.54 Å². The molecule has 0 saturated heterocycles. The third-order valence-corrected chi connectivity index (χ3v) is 4.36. The molecule has 1 amide bonds. The molecule has 1 fully saturated rings. The van der Waals surface area contributed by atoms with Gasteiger partial charge in [-0.25, -0.2) is 0 Å². The molecular weight excluding hydrogens is 278 g/mol. The Kier molecular flexibility index (Phi) is 5.58. The lowest BCUT2D eigenvalue weighted by Crippen LogP contribution is -2.33. The summed E-state index contributed by atoms with van der Waals surface area (Å²) in [7, 11) is 0. The summed E-state index contributed by atoms with van der Waals surface area (Å²) in [6.45, 7) is 4.14. The van der Waals surface area contributed by atoms with E-state index in [1.54, 1.807) is 0 Å². The summed E-state index contributed by atoms with van der Waals surface area (Å²) in [5.74, 6) is -0.637. The Morgan fingerprint density at radius 1 is 1.23 bits per heavy atom. The highest BCUT2D eigenvalue weighted by molar-refractivity contribution is 5.94. The van der Waals surface area contributed by atoms with Crippen LogP contribution in [0.3, 0.4) is 0 Å². The number of aliphatic carboxylic acids is 1. The van der Waals surface area contributed by atoms with Crippen LogP contribution < -0.4 is 5.32 Å². The van der Waals surface area contributed by atoms with Crippen LogP contribution in [-0.4, -0.2) is 23.5 Å². The normalized spacial score (nSPS) is 16.1. The first-order valence-corrected chi connectivity index (χ1v) is 8.08. The second kappa shape index (κ2) is 7.43. The van der Waals surface area contributed by atoms with Gasteiger partial charge in [-0.15, -0.1) is 0 Å². The Bertz CT molecular complexity index is 518. The number of nitrogens with one attached hydrogen (secondary N) is 1. The van der Waals surface area contributed by atoms with Gasteiger partial charge >= 0.3 is 5.97 Å². The van der Waals surface area contributed by atoms with Crippen molar-refractivity contribution in [3.8, 4) is 0 Å². The largest absolute Gasteiger partial charge is 0.481 e. The van der Waals surface area contributed by atoms with Crippen LogP contribution in [0.1, 0.15) is 61.4 Å². The molecule has 4 heteroatoms. The van der Waals surface area contributed by atoms with Gasteiger partial charge in [-0.3, -0.25) is 9.59 Å². The van der Waals surface area contributed by atoms with E-state index in [4.69, 9.17) is 0 Å². The van der Waals surface area contributed by atoms with Crippen LogP contribution in [0.4, 0.5) is 0 Å². The minimum absolute atomic E-state index is 0.177. The number of carboxylic acid groups (broad SMARTS) is 1. The average Bonchev–Trinajstić information content (AvgIpc) is 2.41. The maximum absolute atomic E-state index is 12.1. The lowest BCUT2D eigenvalue weighted by atomic mass is 9.80. The highest BCUT2D eigenvalue weighted by atomic mass is 16.4. The summed E-state index contributed by atoms with van der Waals surface area (Å²) in [6, 6.07) is 7.70. The topological polar surface area (TPSA) is 66.4 Å². The molecule has 1 aromatic rings. The third-order valence-electron chi connectivity index (χ3n) is 4.36. The van der Waals surface area contributed by atoms with E-state index >= 15 is 0 Å². The first-order valence-electron chi connectivity index (χ1n) is 8.08. The lowest BCUT2D eigenvalue weighted by molar-refractivity contribution is -0.142. The number of hydrogen-bond acceptors (Lipinski definition) is 2. The number of rotatable bonds is 7. The molecule has 1 aromatic carbocycles. The van der Waals surface area contributed by atoms with Gasteiger partial charge in [0.15, 0.2) is 0 Å². The van der Waals surface area contributed by atoms with Crippen molar-refractivity contribution in [1.82, 2.24) is 5.32 Å². The summed E-state index contributed by atoms with van der Waals surface area (Å²) in [5.41, 5.74) is 1.89. The van der Waals surface area contributed by atoms with Gasteiger partial charge in [0, 0.05) is 12.1 Å². The van der Waals surface area contributed by atoms with Gasteiger partial charge in [0.25, 0.3) is 5.91 Å². The fraction of sp³-hybridized carbons (Fsp3) is 0.556. The van der Waals surface area contributed by atoms with Gasteiger partial charge in [-0.05, 0) is 48.8 Å². The van der Waals surface area contributed by atoms with Crippen molar-refractivity contribution in [2.24, 2.45) is 11.8 Å². The van der Waals surface area contributed by atoms with Crippen LogP contribution in [-0.2, 0) is 4.79 Å². The number of carbonyl (C=O) groups excluding carboxylic acids is 1. The Balaban J connectivity index is 1.89. The monoisotopic (exact) mass is 303 g/mol. The summed E-state index contributed by atoms with van der Waals surface area (Å²) in [6.07, 6.45) is 4.33. The molecule has 120 valence electrons. The molecule has 1 saturated carbocycles. The van der Waals surface area contributed by atoms with E-state index in [0.717, 1.165) is 0 Å². The molecule has 1 aliphatic carbocycles. The molecule has 0 radical (unpaired) electrons. The zero-order chi connectivity index (χ0) is 16.1. The molecule has 1 aliphatic rings. The average molecular weight is 303 g/mol. The van der Waals surface area contributed by atoms with Gasteiger partial charge in [0.1, 0.15) is 0 Å². The van der Waals surface area contributed by atoms with Crippen molar-refractivity contribution in [3.05, 3.63) is 35.4 Å². The Labute approximate surface area is 131 Å². The first-order chi connectivity index (χ1) is 10.5. The number of amides is 1. The molecule has 0 aromatic heterocycles. The van der Waals surface area contributed by atoms with Gasteiger partial charge in [-0.1, -0.05) is 32.4 Å². The maximum Gasteiger partial charge on any atom is 0.308 e. The summed E-state index contributed by atoms with van der Waals surface area (Å²) < 4.78 is 0. The SMILES string of the molecule is CC(C)CC(CNC(=O)c1ccc(C2CCC2)cc1)C(=O)O. The van der Waals surface area contributed by atoms with E-state index < -0.39 is 11.9 Å². The third kappa shape index (κ3) is 4.33. The van der Waals surface area contributed by atoms with E-state index in [9.17, 15) is 14.7 Å². The van der Waals surface area contributed by atoms with Crippen molar-refractivity contribution in [2.45, 2.75) is 45.4 Å². The fourth-order valence-electron chi connectivity index (χ4n) is 2.81. The van der Waals surface area contributed by atoms with Gasteiger partial charge in [0.05, 0.1) is 5.92 Å². The standard InChI is InChI=1S/C18H25NO3/c1-12(2)10-16(18(21)22)11-19-17(20)15-8-6-14(7-9-15)13-4-3-5-13/h6-9,12-13,16H,3-5,10-11H2,1-2H3,(H,19,20)(H,21,22). The zero-order valence-electron chi connectivity index (χ0n) is 13.3. The predicted octanol–water partition coefficient (Wildman–Crippen LogP) is 3.43. The van der Waals surface area contributed by atoms with Crippen LogP contribution in [0, 0.1) is 11.8 Å². The molecule has 0 spiro atoms. The van der Waals surface area contributed by atoms with Crippen LogP contribution in [0.2, 0.25) is 0 Å². The second-order valence-corrected chi connectivity index (χ2v) is 6.62. The van der Waals surface area contributed by atoms with Crippen molar-refractivity contribution in [1.29, 1.82) is 0 Å². The number of benzene rings is 1. The van der Waals surface area contributed by atoms with Crippen LogP contribution >= 0.6 is 0 Å². The van der Waals surface area contributed by atoms with E-state index in [-0.39, 0.29) is 12.5 Å². The van der Waals surface area contributed by atoms with E-state index in [0.29, 0.717) is 23.8 Å². The minimum atomic E-state index is -0.852. The summed E-state index contributed by atoms with van der Waals surface area (Å²) >= 11 is 0. The first kappa shape index (κ1) is 16.5. The molecule has 0 bridgehead atoms. The number of carboxylic acids is 1. The number of carbonyl (C=O) groups is 2. The minimum Gasteiger partial charge on any atom is -0.481 e. The highest BCUT2D eigenvalue weighted by Crippen LogP contribution is 2.36.